The van der Waals surface area contributed by atoms with Crippen molar-refractivity contribution in [2.45, 2.75) is 38.8 Å². The molecule has 3 nitrogen and oxygen atoms in total. The molecule has 1 heterocycles. The zero-order valence-electron chi connectivity index (χ0n) is 10.8. The highest BCUT2D eigenvalue weighted by atomic mass is 19.1. The molecular formula is C14H19FN2O. The largest absolute Gasteiger partial charge is 0.336 e. The van der Waals surface area contributed by atoms with Crippen LogP contribution in [0.4, 0.5) is 4.39 Å². The van der Waals surface area contributed by atoms with E-state index in [9.17, 15) is 9.18 Å². The summed E-state index contributed by atoms with van der Waals surface area (Å²) >= 11 is 0. The van der Waals surface area contributed by atoms with E-state index in [-0.39, 0.29) is 23.6 Å². The van der Waals surface area contributed by atoms with Crippen molar-refractivity contribution < 1.29 is 9.18 Å². The predicted molar refractivity (Wildman–Crippen MR) is 68.8 cm³/mol. The van der Waals surface area contributed by atoms with Gasteiger partial charge in [0.1, 0.15) is 5.82 Å². The van der Waals surface area contributed by atoms with Crippen molar-refractivity contribution in [1.82, 2.24) is 4.90 Å². The molecule has 1 saturated heterocycles. The molecule has 0 aliphatic carbocycles. The lowest BCUT2D eigenvalue weighted by Gasteiger charge is -2.36. The Labute approximate surface area is 107 Å². The van der Waals surface area contributed by atoms with Crippen molar-refractivity contribution in [3.8, 4) is 0 Å². The van der Waals surface area contributed by atoms with Crippen LogP contribution in [0.2, 0.25) is 0 Å². The Morgan fingerprint density at radius 3 is 2.89 bits per heavy atom. The van der Waals surface area contributed by atoms with Crippen molar-refractivity contribution >= 4 is 5.91 Å². The molecule has 2 atom stereocenters. The number of nitrogens with two attached hydrogens (primary N) is 1. The maximum Gasteiger partial charge on any atom is 0.257 e. The third-order valence-electron chi connectivity index (χ3n) is 3.53. The molecule has 4 heteroatoms. The normalized spacial score (nSPS) is 24.1. The van der Waals surface area contributed by atoms with E-state index < -0.39 is 5.82 Å². The molecule has 0 radical (unpaired) electrons. The number of hydrogen-bond donors (Lipinski definition) is 1. The van der Waals surface area contributed by atoms with Crippen molar-refractivity contribution in [1.29, 1.82) is 0 Å². The van der Waals surface area contributed by atoms with E-state index in [1.807, 2.05) is 13.8 Å². The fourth-order valence-corrected chi connectivity index (χ4v) is 2.47. The van der Waals surface area contributed by atoms with Crippen LogP contribution in [-0.2, 0) is 0 Å². The SMILES string of the molecule is Cc1ccc(F)c(C(=O)N2CCC(N)CC2C)c1. The molecule has 18 heavy (non-hydrogen) atoms. The average molecular weight is 250 g/mol. The molecule has 2 N–H and O–H groups in total. The molecule has 0 aromatic heterocycles. The number of nitrogens with zero attached hydrogens (tertiary/aromatic N) is 1. The lowest BCUT2D eigenvalue weighted by Crippen LogP contribution is -2.48. The van der Waals surface area contributed by atoms with Crippen molar-refractivity contribution in [2.24, 2.45) is 5.73 Å². The van der Waals surface area contributed by atoms with Crippen molar-refractivity contribution in [3.63, 3.8) is 0 Å². The summed E-state index contributed by atoms with van der Waals surface area (Å²) in [6.45, 7) is 4.42. The first-order valence-electron chi connectivity index (χ1n) is 6.31. The summed E-state index contributed by atoms with van der Waals surface area (Å²) in [5.74, 6) is -0.678. The van der Waals surface area contributed by atoms with Crippen LogP contribution in [0.25, 0.3) is 0 Å². The molecule has 1 amide bonds. The smallest absolute Gasteiger partial charge is 0.257 e. The van der Waals surface area contributed by atoms with Gasteiger partial charge in [-0.1, -0.05) is 11.6 Å². The monoisotopic (exact) mass is 250 g/mol. The molecule has 1 fully saturated rings. The Morgan fingerprint density at radius 1 is 1.50 bits per heavy atom. The molecule has 2 unspecified atom stereocenters. The van der Waals surface area contributed by atoms with Gasteiger partial charge in [-0.2, -0.15) is 0 Å². The van der Waals surface area contributed by atoms with Crippen LogP contribution in [0.15, 0.2) is 18.2 Å². The van der Waals surface area contributed by atoms with Crippen LogP contribution >= 0.6 is 0 Å². The number of carbonyl (C=O) groups excluding carboxylic acids is 1. The Hall–Kier alpha value is -1.42. The minimum atomic E-state index is -0.451. The molecule has 1 aromatic carbocycles. The maximum atomic E-state index is 13.7. The second-order valence-corrected chi connectivity index (χ2v) is 5.12. The Kier molecular flexibility index (Phi) is 3.66. The van der Waals surface area contributed by atoms with E-state index in [2.05, 4.69) is 0 Å². The van der Waals surface area contributed by atoms with Gasteiger partial charge >= 0.3 is 0 Å². The number of rotatable bonds is 1. The van der Waals surface area contributed by atoms with Crippen LogP contribution in [0, 0.1) is 12.7 Å². The van der Waals surface area contributed by atoms with E-state index in [4.69, 9.17) is 5.73 Å². The highest BCUT2D eigenvalue weighted by Gasteiger charge is 2.28. The number of piperidine rings is 1. The Morgan fingerprint density at radius 2 is 2.22 bits per heavy atom. The zero-order chi connectivity index (χ0) is 13.3. The number of carbonyl (C=O) groups is 1. The van der Waals surface area contributed by atoms with Crippen LogP contribution in [0.5, 0.6) is 0 Å². The number of amides is 1. The topological polar surface area (TPSA) is 46.3 Å². The van der Waals surface area contributed by atoms with Gasteiger partial charge in [0, 0.05) is 18.6 Å². The molecular weight excluding hydrogens is 231 g/mol. The van der Waals surface area contributed by atoms with Gasteiger partial charge in [0.25, 0.3) is 5.91 Å². The lowest BCUT2D eigenvalue weighted by atomic mass is 9.98. The summed E-state index contributed by atoms with van der Waals surface area (Å²) in [7, 11) is 0. The summed E-state index contributed by atoms with van der Waals surface area (Å²) in [5, 5.41) is 0. The van der Waals surface area contributed by atoms with Gasteiger partial charge in [0.2, 0.25) is 0 Å². The van der Waals surface area contributed by atoms with Gasteiger partial charge in [-0.05, 0) is 38.8 Å². The highest BCUT2D eigenvalue weighted by molar-refractivity contribution is 5.95. The average Bonchev–Trinajstić information content (AvgIpc) is 2.31. The van der Waals surface area contributed by atoms with E-state index in [0.717, 1.165) is 18.4 Å². The van der Waals surface area contributed by atoms with Gasteiger partial charge < -0.3 is 10.6 Å². The third-order valence-corrected chi connectivity index (χ3v) is 3.53. The fraction of sp³-hybridized carbons (Fsp3) is 0.500. The molecule has 1 aromatic rings. The third kappa shape index (κ3) is 2.53. The van der Waals surface area contributed by atoms with Crippen LogP contribution in [0.3, 0.4) is 0 Å². The molecule has 1 aliphatic heterocycles. The summed E-state index contributed by atoms with van der Waals surface area (Å²) < 4.78 is 13.7. The minimum absolute atomic E-state index is 0.0705. The quantitative estimate of drug-likeness (QED) is 0.829. The standard InChI is InChI=1S/C14H19FN2O/c1-9-3-4-13(15)12(7-9)14(18)17-6-5-11(16)8-10(17)2/h3-4,7,10-11H,5-6,8,16H2,1-2H3. The lowest BCUT2D eigenvalue weighted by molar-refractivity contribution is 0.0614. The van der Waals surface area contributed by atoms with Gasteiger partial charge in [-0.25, -0.2) is 4.39 Å². The molecule has 0 spiro atoms. The molecule has 2 rings (SSSR count). The first-order valence-corrected chi connectivity index (χ1v) is 6.31. The van der Waals surface area contributed by atoms with Crippen LogP contribution in [-0.4, -0.2) is 29.4 Å². The van der Waals surface area contributed by atoms with Crippen LogP contribution in [0.1, 0.15) is 35.7 Å². The summed E-state index contributed by atoms with van der Waals surface area (Å²) in [6.07, 6.45) is 1.56. The molecule has 1 aliphatic rings. The Bertz CT molecular complexity index is 461. The number of benzene rings is 1. The number of likely N-dealkylation sites (tertiary alicyclic amines) is 1. The fourth-order valence-electron chi connectivity index (χ4n) is 2.47. The summed E-state index contributed by atoms with van der Waals surface area (Å²) in [4.78, 5) is 14.1. The first-order chi connectivity index (χ1) is 8.49. The number of halogens is 1. The van der Waals surface area contributed by atoms with E-state index in [1.165, 1.54) is 6.07 Å². The molecule has 0 bridgehead atoms. The highest BCUT2D eigenvalue weighted by Crippen LogP contribution is 2.20. The number of hydrogen-bond acceptors (Lipinski definition) is 2. The molecule has 98 valence electrons. The summed E-state index contributed by atoms with van der Waals surface area (Å²) in [5.41, 5.74) is 6.92. The summed E-state index contributed by atoms with van der Waals surface area (Å²) in [6, 6.07) is 4.84. The zero-order valence-corrected chi connectivity index (χ0v) is 10.8. The van der Waals surface area contributed by atoms with E-state index in [1.54, 1.807) is 17.0 Å². The van der Waals surface area contributed by atoms with Gasteiger partial charge in [0.05, 0.1) is 5.56 Å². The molecule has 0 saturated carbocycles. The predicted octanol–water partition coefficient (Wildman–Crippen LogP) is 2.09. The Balaban J connectivity index is 2.23. The second kappa shape index (κ2) is 5.06. The van der Waals surface area contributed by atoms with Crippen molar-refractivity contribution in [3.05, 3.63) is 35.1 Å². The number of aryl methyl sites for hydroxylation is 1. The minimum Gasteiger partial charge on any atom is -0.336 e. The van der Waals surface area contributed by atoms with Gasteiger partial charge in [-0.3, -0.25) is 4.79 Å². The van der Waals surface area contributed by atoms with E-state index in [0.29, 0.717) is 6.54 Å². The van der Waals surface area contributed by atoms with Crippen molar-refractivity contribution in [2.75, 3.05) is 6.54 Å². The second-order valence-electron chi connectivity index (χ2n) is 5.12. The first kappa shape index (κ1) is 13.0. The van der Waals surface area contributed by atoms with E-state index >= 15 is 0 Å². The maximum absolute atomic E-state index is 13.7. The van der Waals surface area contributed by atoms with Crippen LogP contribution < -0.4 is 5.73 Å². The van der Waals surface area contributed by atoms with Gasteiger partial charge in [0.15, 0.2) is 0 Å². The van der Waals surface area contributed by atoms with Gasteiger partial charge in [-0.15, -0.1) is 0 Å².